The molecule has 3 heterocycles. The highest BCUT2D eigenvalue weighted by atomic mass is 15.2. The molecule has 13 rings (SSSR count). The van der Waals surface area contributed by atoms with Crippen LogP contribution in [0.5, 0.6) is 0 Å². The molecule has 0 amide bonds. The summed E-state index contributed by atoms with van der Waals surface area (Å²) < 4.78 is 4.76. The molecule has 5 nitrogen and oxygen atoms in total. The van der Waals surface area contributed by atoms with Crippen molar-refractivity contribution in [2.24, 2.45) is 0 Å². The second kappa shape index (κ2) is 16.1. The topological polar surface area (TPSA) is 48.5 Å². The van der Waals surface area contributed by atoms with Crippen molar-refractivity contribution in [3.63, 3.8) is 0 Å². The Morgan fingerprint density at radius 1 is 0.343 bits per heavy atom. The van der Waals surface area contributed by atoms with E-state index in [0.29, 0.717) is 17.6 Å². The van der Waals surface area contributed by atoms with Crippen molar-refractivity contribution in [2.75, 3.05) is 0 Å². The molecule has 12 aromatic rings. The van der Waals surface area contributed by atoms with Crippen LogP contribution < -0.4 is 0 Å². The van der Waals surface area contributed by atoms with Gasteiger partial charge in [0, 0.05) is 38.2 Å². The van der Waals surface area contributed by atoms with Crippen LogP contribution in [0.3, 0.4) is 0 Å². The van der Waals surface area contributed by atoms with Crippen LogP contribution in [0.1, 0.15) is 51.7 Å². The summed E-state index contributed by atoms with van der Waals surface area (Å²) in [4.78, 5) is 16.1. The zero-order valence-corrected chi connectivity index (χ0v) is 39.9. The van der Waals surface area contributed by atoms with E-state index >= 15 is 0 Å². The Labute approximate surface area is 408 Å². The predicted octanol–water partition coefficient (Wildman–Crippen LogP) is 16.7. The standard InChI is InChI=1S/C65H51N5/c1-64(2)37-38-65(3,4)55-41-46(33-36-54(55)64)45-24-17-25-47(39-45)49-27-11-14-30-56(49)69-57-31-15-12-28-50(57)52-34-35-53-51-29-13-16-32-58(51)70(60(53)59(52)69)63-67-61(43-21-9-6-10-22-43)66-62(68-63)48-26-18-23-44(40-48)42-19-7-5-8-20-42/h5-36,39-41H,37-38H2,1-4H3. The van der Waals surface area contributed by atoms with E-state index in [2.05, 4.69) is 225 Å². The molecule has 5 heteroatoms. The van der Waals surface area contributed by atoms with Gasteiger partial charge in [-0.3, -0.25) is 4.57 Å². The highest BCUT2D eigenvalue weighted by Gasteiger charge is 2.37. The summed E-state index contributed by atoms with van der Waals surface area (Å²) in [6.07, 6.45) is 2.38. The zero-order chi connectivity index (χ0) is 47.1. The van der Waals surface area contributed by atoms with Crippen molar-refractivity contribution in [1.82, 2.24) is 24.1 Å². The molecule has 0 fully saturated rings. The number of fused-ring (bicyclic) bond motifs is 8. The van der Waals surface area contributed by atoms with Crippen LogP contribution in [-0.2, 0) is 10.8 Å². The Morgan fingerprint density at radius 2 is 0.829 bits per heavy atom. The molecule has 0 N–H and O–H groups in total. The quantitative estimate of drug-likeness (QED) is 0.160. The fraction of sp³-hybridized carbons (Fsp3) is 0.123. The molecule has 0 spiro atoms. The monoisotopic (exact) mass is 901 g/mol. The van der Waals surface area contributed by atoms with Crippen LogP contribution in [-0.4, -0.2) is 24.1 Å². The Kier molecular flexibility index (Phi) is 9.60. The number of aromatic nitrogens is 5. The number of hydrogen-bond acceptors (Lipinski definition) is 3. The van der Waals surface area contributed by atoms with Crippen LogP contribution in [0.15, 0.2) is 212 Å². The number of benzene rings is 9. The summed E-state index contributed by atoms with van der Waals surface area (Å²) in [6.45, 7) is 9.62. The highest BCUT2D eigenvalue weighted by molar-refractivity contribution is 6.24. The number of para-hydroxylation sites is 3. The van der Waals surface area contributed by atoms with E-state index < -0.39 is 0 Å². The first-order chi connectivity index (χ1) is 34.2. The fourth-order valence-corrected chi connectivity index (χ4v) is 11.3. The van der Waals surface area contributed by atoms with Gasteiger partial charge in [-0.2, -0.15) is 9.97 Å². The van der Waals surface area contributed by atoms with Crippen molar-refractivity contribution in [2.45, 2.75) is 51.4 Å². The van der Waals surface area contributed by atoms with Crippen LogP contribution >= 0.6 is 0 Å². The van der Waals surface area contributed by atoms with E-state index in [1.807, 2.05) is 24.3 Å². The van der Waals surface area contributed by atoms with Crippen LogP contribution in [0.2, 0.25) is 0 Å². The van der Waals surface area contributed by atoms with Crippen LogP contribution in [0.25, 0.3) is 111 Å². The molecule has 70 heavy (non-hydrogen) atoms. The second-order valence-corrected chi connectivity index (χ2v) is 20.3. The summed E-state index contributed by atoms with van der Waals surface area (Å²) in [5, 5.41) is 4.59. The highest BCUT2D eigenvalue weighted by Crippen LogP contribution is 2.48. The summed E-state index contributed by atoms with van der Waals surface area (Å²) in [5.74, 6) is 1.78. The van der Waals surface area contributed by atoms with Crippen molar-refractivity contribution in [3.05, 3.63) is 223 Å². The lowest BCUT2D eigenvalue weighted by Crippen LogP contribution is -2.33. The summed E-state index contributed by atoms with van der Waals surface area (Å²) >= 11 is 0. The lowest BCUT2D eigenvalue weighted by atomic mass is 9.63. The Bertz CT molecular complexity index is 4010. The smallest absolute Gasteiger partial charge is 0.238 e. The second-order valence-electron chi connectivity index (χ2n) is 20.3. The van der Waals surface area contributed by atoms with Gasteiger partial charge >= 0.3 is 0 Å². The van der Waals surface area contributed by atoms with Crippen LogP contribution in [0, 0.1) is 0 Å². The van der Waals surface area contributed by atoms with Gasteiger partial charge in [0.05, 0.1) is 27.8 Å². The molecular formula is C65H51N5. The minimum absolute atomic E-state index is 0.120. The molecule has 1 aliphatic carbocycles. The lowest BCUT2D eigenvalue weighted by molar-refractivity contribution is 0.332. The van der Waals surface area contributed by atoms with Crippen molar-refractivity contribution in [3.8, 4) is 67.8 Å². The maximum absolute atomic E-state index is 5.45. The maximum Gasteiger partial charge on any atom is 0.238 e. The average molecular weight is 902 g/mol. The molecule has 336 valence electrons. The molecule has 0 saturated heterocycles. The van der Waals surface area contributed by atoms with E-state index in [1.165, 1.54) is 40.5 Å². The summed E-state index contributed by atoms with van der Waals surface area (Å²) in [5.41, 5.74) is 17.5. The molecule has 0 saturated carbocycles. The molecule has 0 atom stereocenters. The molecule has 0 unspecified atom stereocenters. The Morgan fingerprint density at radius 3 is 1.53 bits per heavy atom. The predicted molar refractivity (Wildman–Crippen MR) is 291 cm³/mol. The Balaban J connectivity index is 1.06. The van der Waals surface area contributed by atoms with Crippen LogP contribution in [0.4, 0.5) is 0 Å². The SMILES string of the molecule is CC1(C)CCC(C)(C)c2cc(-c3cccc(-c4ccccc4-n4c5ccccc5c5ccc6c7ccccc7n(-c7nc(-c8ccccc8)nc(-c8cccc(-c9ccccc9)c8)n7)c6c54)c3)ccc21. The van der Waals surface area contributed by atoms with Gasteiger partial charge in [0.15, 0.2) is 11.6 Å². The number of nitrogens with zero attached hydrogens (tertiary/aromatic N) is 5. The molecule has 0 aliphatic heterocycles. The van der Waals surface area contributed by atoms with Gasteiger partial charge < -0.3 is 4.57 Å². The summed E-state index contributed by atoms with van der Waals surface area (Å²) in [6, 6.07) is 76.5. The third kappa shape index (κ3) is 6.79. The minimum Gasteiger partial charge on any atom is -0.307 e. The molecule has 0 radical (unpaired) electrons. The minimum atomic E-state index is 0.120. The number of hydrogen-bond donors (Lipinski definition) is 0. The van der Waals surface area contributed by atoms with Gasteiger partial charge in [0.25, 0.3) is 0 Å². The average Bonchev–Trinajstić information content (AvgIpc) is 3.94. The van der Waals surface area contributed by atoms with E-state index in [9.17, 15) is 0 Å². The molecule has 1 aliphatic rings. The summed E-state index contributed by atoms with van der Waals surface area (Å²) in [7, 11) is 0. The van der Waals surface area contributed by atoms with Crippen molar-refractivity contribution in [1.29, 1.82) is 0 Å². The normalized spacial score (nSPS) is 14.1. The molecule has 0 bridgehead atoms. The third-order valence-corrected chi connectivity index (χ3v) is 15.1. The first-order valence-electron chi connectivity index (χ1n) is 24.5. The largest absolute Gasteiger partial charge is 0.307 e. The fourth-order valence-electron chi connectivity index (χ4n) is 11.3. The maximum atomic E-state index is 5.45. The van der Waals surface area contributed by atoms with E-state index in [-0.39, 0.29) is 10.8 Å². The van der Waals surface area contributed by atoms with Gasteiger partial charge in [-0.1, -0.05) is 210 Å². The van der Waals surface area contributed by atoms with Crippen molar-refractivity contribution < 1.29 is 0 Å². The van der Waals surface area contributed by atoms with E-state index in [0.717, 1.165) is 77.3 Å². The van der Waals surface area contributed by atoms with Gasteiger partial charge in [0.2, 0.25) is 5.95 Å². The zero-order valence-electron chi connectivity index (χ0n) is 39.9. The van der Waals surface area contributed by atoms with Crippen molar-refractivity contribution >= 4 is 43.6 Å². The lowest BCUT2D eigenvalue weighted by Gasteiger charge is -2.42. The number of rotatable bonds is 7. The molecular weight excluding hydrogens is 851 g/mol. The molecule has 9 aromatic carbocycles. The first kappa shape index (κ1) is 41.8. The molecule has 3 aromatic heterocycles. The van der Waals surface area contributed by atoms with Gasteiger partial charge in [-0.05, 0) is 92.9 Å². The van der Waals surface area contributed by atoms with Gasteiger partial charge in [-0.15, -0.1) is 0 Å². The van der Waals surface area contributed by atoms with E-state index in [1.54, 1.807) is 0 Å². The Hall–Kier alpha value is -8.41. The van der Waals surface area contributed by atoms with Gasteiger partial charge in [0.1, 0.15) is 0 Å². The van der Waals surface area contributed by atoms with E-state index in [4.69, 9.17) is 15.0 Å². The van der Waals surface area contributed by atoms with Gasteiger partial charge in [-0.25, -0.2) is 4.98 Å². The first-order valence-corrected chi connectivity index (χ1v) is 24.5. The third-order valence-electron chi connectivity index (χ3n) is 15.1.